The van der Waals surface area contributed by atoms with Crippen molar-refractivity contribution < 1.29 is 0 Å². The second kappa shape index (κ2) is 6.39. The van der Waals surface area contributed by atoms with Gasteiger partial charge in [-0.15, -0.1) is 0 Å². The summed E-state index contributed by atoms with van der Waals surface area (Å²) in [5, 5.41) is 7.81. The van der Waals surface area contributed by atoms with E-state index in [-0.39, 0.29) is 0 Å². The van der Waals surface area contributed by atoms with E-state index in [9.17, 15) is 0 Å². The van der Waals surface area contributed by atoms with Gasteiger partial charge < -0.3 is 5.41 Å². The second-order valence-corrected chi connectivity index (χ2v) is 5.30. The van der Waals surface area contributed by atoms with Gasteiger partial charge in [0.25, 0.3) is 0 Å². The van der Waals surface area contributed by atoms with Gasteiger partial charge >= 0.3 is 0 Å². The van der Waals surface area contributed by atoms with E-state index in [4.69, 9.17) is 5.41 Å². The molecule has 2 heteroatoms. The SMILES string of the molecule is CCC.CCCN1[C@@H]2CC[C@@H](C2)[C@H]1C(C)=N. The molecule has 0 radical (unpaired) electrons. The van der Waals surface area contributed by atoms with Crippen molar-refractivity contribution >= 4 is 5.71 Å². The number of piperidine rings is 1. The van der Waals surface area contributed by atoms with Crippen molar-refractivity contribution in [3.8, 4) is 0 Å². The Morgan fingerprint density at radius 2 is 1.88 bits per heavy atom. The largest absolute Gasteiger partial charge is 0.308 e. The quantitative estimate of drug-likeness (QED) is 0.727. The summed E-state index contributed by atoms with van der Waals surface area (Å²) in [6.07, 6.45) is 6.59. The molecule has 2 fully saturated rings. The van der Waals surface area contributed by atoms with Crippen molar-refractivity contribution in [2.24, 2.45) is 5.92 Å². The van der Waals surface area contributed by atoms with E-state index < -0.39 is 0 Å². The molecule has 2 nitrogen and oxygen atoms in total. The highest BCUT2D eigenvalue weighted by atomic mass is 15.2. The Hall–Kier alpha value is -0.370. The van der Waals surface area contributed by atoms with Gasteiger partial charge in [0.05, 0.1) is 6.04 Å². The molecule has 1 aliphatic heterocycles. The Kier molecular flexibility index (Phi) is 5.47. The van der Waals surface area contributed by atoms with Crippen molar-refractivity contribution in [3.05, 3.63) is 0 Å². The van der Waals surface area contributed by atoms with Crippen molar-refractivity contribution in [2.45, 2.75) is 71.9 Å². The third-order valence-corrected chi connectivity index (χ3v) is 3.64. The molecule has 2 rings (SSSR count). The van der Waals surface area contributed by atoms with Gasteiger partial charge in [0, 0.05) is 11.8 Å². The molecule has 2 aliphatic rings. The van der Waals surface area contributed by atoms with Gasteiger partial charge in [-0.25, -0.2) is 0 Å². The number of likely N-dealkylation sites (tertiary alicyclic amines) is 1. The first-order chi connectivity index (χ1) is 7.65. The minimum absolute atomic E-state index is 0.499. The molecule has 3 atom stereocenters. The predicted octanol–water partition coefficient (Wildman–Crippen LogP) is 3.71. The Balaban J connectivity index is 0.000000386. The first-order valence-corrected chi connectivity index (χ1v) is 6.96. The van der Waals surface area contributed by atoms with Gasteiger partial charge in [0.15, 0.2) is 0 Å². The van der Waals surface area contributed by atoms with E-state index >= 15 is 0 Å². The molecule has 1 heterocycles. The summed E-state index contributed by atoms with van der Waals surface area (Å²) < 4.78 is 0. The fraction of sp³-hybridized carbons (Fsp3) is 0.929. The van der Waals surface area contributed by atoms with Crippen LogP contribution in [-0.2, 0) is 0 Å². The molecule has 0 spiro atoms. The minimum Gasteiger partial charge on any atom is -0.308 e. The molecule has 94 valence electrons. The van der Waals surface area contributed by atoms with Crippen LogP contribution in [0.15, 0.2) is 0 Å². The molecule has 0 amide bonds. The van der Waals surface area contributed by atoms with Gasteiger partial charge in [0.2, 0.25) is 0 Å². The summed E-state index contributed by atoms with van der Waals surface area (Å²) in [5.74, 6) is 0.814. The summed E-state index contributed by atoms with van der Waals surface area (Å²) in [5.41, 5.74) is 0.889. The zero-order valence-electron chi connectivity index (χ0n) is 11.4. The monoisotopic (exact) mass is 224 g/mol. The van der Waals surface area contributed by atoms with Crippen LogP contribution in [0.3, 0.4) is 0 Å². The van der Waals surface area contributed by atoms with Crippen LogP contribution in [0.4, 0.5) is 0 Å². The predicted molar refractivity (Wildman–Crippen MR) is 71.3 cm³/mol. The van der Waals surface area contributed by atoms with Crippen LogP contribution < -0.4 is 0 Å². The summed E-state index contributed by atoms with van der Waals surface area (Å²) >= 11 is 0. The fourth-order valence-electron chi connectivity index (χ4n) is 3.26. The highest BCUT2D eigenvalue weighted by Gasteiger charge is 2.45. The highest BCUT2D eigenvalue weighted by molar-refractivity contribution is 5.85. The van der Waals surface area contributed by atoms with Crippen LogP contribution in [0.2, 0.25) is 0 Å². The van der Waals surface area contributed by atoms with Crippen molar-refractivity contribution in [1.82, 2.24) is 4.90 Å². The first kappa shape index (κ1) is 13.7. The van der Waals surface area contributed by atoms with Crippen LogP contribution in [-0.4, -0.2) is 29.2 Å². The normalized spacial score (nSPS) is 32.4. The molecule has 1 saturated heterocycles. The zero-order valence-corrected chi connectivity index (χ0v) is 11.4. The van der Waals surface area contributed by atoms with Gasteiger partial charge in [-0.05, 0) is 45.1 Å². The number of nitrogens with one attached hydrogen (secondary N) is 1. The van der Waals surface area contributed by atoms with Crippen LogP contribution in [0.1, 0.15) is 59.8 Å². The lowest BCUT2D eigenvalue weighted by molar-refractivity contribution is 0.179. The van der Waals surface area contributed by atoms with E-state index in [2.05, 4.69) is 25.7 Å². The van der Waals surface area contributed by atoms with Crippen molar-refractivity contribution in [3.63, 3.8) is 0 Å². The van der Waals surface area contributed by atoms with Crippen LogP contribution >= 0.6 is 0 Å². The Morgan fingerprint density at radius 3 is 2.38 bits per heavy atom. The molecular formula is C14H28N2. The van der Waals surface area contributed by atoms with Gasteiger partial charge in [-0.2, -0.15) is 0 Å². The fourth-order valence-corrected chi connectivity index (χ4v) is 3.26. The molecule has 16 heavy (non-hydrogen) atoms. The summed E-state index contributed by atoms with van der Waals surface area (Å²) in [4.78, 5) is 2.58. The third-order valence-electron chi connectivity index (χ3n) is 3.64. The molecule has 1 aliphatic carbocycles. The zero-order chi connectivity index (χ0) is 12.1. The molecule has 1 N–H and O–H groups in total. The van der Waals surface area contributed by atoms with Crippen molar-refractivity contribution in [1.29, 1.82) is 5.41 Å². The molecule has 0 aromatic heterocycles. The average molecular weight is 224 g/mol. The van der Waals surface area contributed by atoms with E-state index in [1.807, 2.05) is 6.92 Å². The maximum atomic E-state index is 7.81. The maximum Gasteiger partial charge on any atom is 0.0503 e. The van der Waals surface area contributed by atoms with Crippen LogP contribution in [0.5, 0.6) is 0 Å². The number of hydrogen-bond acceptors (Lipinski definition) is 2. The molecule has 0 unspecified atom stereocenters. The number of fused-ring (bicyclic) bond motifs is 2. The summed E-state index contributed by atoms with van der Waals surface area (Å²) in [6.45, 7) is 9.67. The summed E-state index contributed by atoms with van der Waals surface area (Å²) in [6, 6.07) is 1.31. The third kappa shape index (κ3) is 2.85. The molecule has 0 aromatic carbocycles. The topological polar surface area (TPSA) is 27.1 Å². The molecule has 2 bridgehead atoms. The van der Waals surface area contributed by atoms with E-state index in [0.29, 0.717) is 6.04 Å². The van der Waals surface area contributed by atoms with Crippen molar-refractivity contribution in [2.75, 3.05) is 6.54 Å². The molecular weight excluding hydrogens is 196 g/mol. The standard InChI is InChI=1S/C11H20N2.C3H8/c1-3-6-13-10-5-4-9(7-10)11(13)8(2)12;1-3-2/h9-12H,3-7H2,1-2H3;3H2,1-2H3/t9-,10+,11+;/m0./s1. The maximum absolute atomic E-state index is 7.81. The Bertz CT molecular complexity index is 225. The van der Waals surface area contributed by atoms with Gasteiger partial charge in [0.1, 0.15) is 0 Å². The van der Waals surface area contributed by atoms with E-state index in [1.165, 1.54) is 38.6 Å². The molecule has 0 aromatic rings. The Labute approximate surface area is 101 Å². The molecule has 1 saturated carbocycles. The van der Waals surface area contributed by atoms with Crippen LogP contribution in [0, 0.1) is 11.3 Å². The smallest absolute Gasteiger partial charge is 0.0503 e. The second-order valence-electron chi connectivity index (χ2n) is 5.30. The lowest BCUT2D eigenvalue weighted by Gasteiger charge is -2.34. The van der Waals surface area contributed by atoms with E-state index in [0.717, 1.165) is 17.7 Å². The van der Waals surface area contributed by atoms with Crippen LogP contribution in [0.25, 0.3) is 0 Å². The number of rotatable bonds is 3. The average Bonchev–Trinajstić information content (AvgIpc) is 2.79. The lowest BCUT2D eigenvalue weighted by Crippen LogP contribution is -2.44. The first-order valence-electron chi connectivity index (χ1n) is 6.96. The lowest BCUT2D eigenvalue weighted by atomic mass is 9.95. The summed E-state index contributed by atoms with van der Waals surface area (Å²) in [7, 11) is 0. The Morgan fingerprint density at radius 1 is 1.25 bits per heavy atom. The number of nitrogens with zero attached hydrogens (tertiary/aromatic N) is 1. The van der Waals surface area contributed by atoms with E-state index in [1.54, 1.807) is 0 Å². The minimum atomic E-state index is 0.499. The highest BCUT2D eigenvalue weighted by Crippen LogP contribution is 2.42. The van der Waals surface area contributed by atoms with Gasteiger partial charge in [-0.1, -0.05) is 27.2 Å². The number of hydrogen-bond donors (Lipinski definition) is 1. The van der Waals surface area contributed by atoms with Gasteiger partial charge in [-0.3, -0.25) is 4.90 Å².